The quantitative estimate of drug-likeness (QED) is 0.0619. The van der Waals surface area contributed by atoms with Crippen molar-refractivity contribution < 1.29 is 59.0 Å². The number of unbranched alkanes of at least 4 members (excludes halogenated alkanes) is 1. The number of carboxylic acids is 2. The van der Waals surface area contributed by atoms with Gasteiger partial charge in [0.15, 0.2) is 0 Å². The van der Waals surface area contributed by atoms with Crippen molar-refractivity contribution >= 4 is 35.5 Å². The first-order valence-corrected chi connectivity index (χ1v) is 13.9. The minimum absolute atomic E-state index is 0. The molecule has 4 aromatic rings. The van der Waals surface area contributed by atoms with E-state index in [2.05, 4.69) is 36.0 Å². The number of nitrogens with two attached hydrogens (primary N) is 1. The minimum atomic E-state index is -1.24. The predicted molar refractivity (Wildman–Crippen MR) is 163 cm³/mol. The molecule has 0 aliphatic heterocycles. The zero-order chi connectivity index (χ0) is 34.4. The molecule has 16 nitrogen and oxygen atoms in total. The number of nitrogens with zero attached hydrogens (tertiary/aromatic N) is 4. The largest absolute Gasteiger partial charge is 0.543 e. The van der Waals surface area contributed by atoms with E-state index >= 15 is 0 Å². The summed E-state index contributed by atoms with van der Waals surface area (Å²) < 4.78 is 4.77. The first-order valence-electron chi connectivity index (χ1n) is 13.9. The average molecular weight is 744 g/mol. The fourth-order valence-corrected chi connectivity index (χ4v) is 3.49. The van der Waals surface area contributed by atoms with Gasteiger partial charge < -0.3 is 40.6 Å². The van der Waals surface area contributed by atoms with Crippen LogP contribution in [0.3, 0.4) is 0 Å². The number of ether oxygens (including phenoxy) is 1. The van der Waals surface area contributed by atoms with Gasteiger partial charge in [-0.3, -0.25) is 24.5 Å². The van der Waals surface area contributed by atoms with Gasteiger partial charge in [-0.2, -0.15) is 0 Å². The summed E-state index contributed by atoms with van der Waals surface area (Å²) in [5.41, 5.74) is 3.09. The van der Waals surface area contributed by atoms with Crippen LogP contribution in [0.1, 0.15) is 61.0 Å². The third-order valence-corrected chi connectivity index (χ3v) is 5.84. The average Bonchev–Trinajstić information content (AvgIpc) is 3.12. The zero-order valence-corrected chi connectivity index (χ0v) is 27.4. The van der Waals surface area contributed by atoms with Gasteiger partial charge in [0, 0.05) is 57.6 Å². The van der Waals surface area contributed by atoms with Crippen LogP contribution in [0, 0.1) is 0 Å². The summed E-state index contributed by atoms with van der Waals surface area (Å²) in [7, 11) is 1.26. The predicted octanol–water partition coefficient (Wildman–Crippen LogP) is -0.478. The van der Waals surface area contributed by atoms with E-state index in [-0.39, 0.29) is 37.4 Å². The molecule has 0 aromatic carbocycles. The zero-order valence-electron chi connectivity index (χ0n) is 25.6. The Labute approximate surface area is 288 Å². The molecule has 0 saturated heterocycles. The Morgan fingerprint density at radius 1 is 0.771 bits per heavy atom. The smallest absolute Gasteiger partial charge is 0.328 e. The van der Waals surface area contributed by atoms with Crippen LogP contribution in [-0.4, -0.2) is 69.4 Å². The first kappa shape index (κ1) is 40.4. The van der Waals surface area contributed by atoms with Crippen LogP contribution in [0.4, 0.5) is 5.82 Å². The molecule has 2 amide bonds. The number of hydrazine groups is 1. The number of carbonyl (C=O) groups excluding carboxylic acids is 5. The SMILES string of the molecule is COC(=O)C(CCCCNC(=O)c1cccnc1)NC(=O)c1ccc(NN)nc1.O=C([O-])c1ccccn1.O=C([O-])c1ccccn1.[99Tc]. The van der Waals surface area contributed by atoms with Crippen LogP contribution in [0.25, 0.3) is 0 Å². The fraction of sp³-hybridized carbons (Fsp3) is 0.194. The first-order chi connectivity index (χ1) is 22.7. The van der Waals surface area contributed by atoms with Gasteiger partial charge in [-0.15, -0.1) is 0 Å². The molecular formula is C31H32N8O8Tc-2. The van der Waals surface area contributed by atoms with Gasteiger partial charge in [-0.1, -0.05) is 12.1 Å². The standard InChI is InChI=1S/C19H24N6O4.2C6H5NO2.Tc/c1-29-19(28)15(24-18(27)14-7-8-16(25-20)23-12-14)6-2-3-10-22-17(26)13-5-4-9-21-11-13;2*8-6(9)5-3-1-2-4-7-5;/h4-5,7-9,11-12,15H,2-3,6,10,20H2,1H3,(H,22,26)(H,23,25)(H,24,27);2*1-4H,(H,8,9);/p-2/i;;;1+1. The number of nitrogen functional groups attached to an aromatic ring is 1. The number of aromatic carboxylic acids is 2. The summed E-state index contributed by atoms with van der Waals surface area (Å²) in [6, 6.07) is 14.9. The number of pyridine rings is 4. The Hall–Kier alpha value is -5.64. The van der Waals surface area contributed by atoms with Gasteiger partial charge in [0.05, 0.1) is 41.6 Å². The van der Waals surface area contributed by atoms with Crippen molar-refractivity contribution in [3.63, 3.8) is 0 Å². The molecule has 0 spiro atoms. The molecule has 1 unspecified atom stereocenters. The van der Waals surface area contributed by atoms with Gasteiger partial charge in [-0.05, 0) is 67.8 Å². The maximum Gasteiger partial charge on any atom is 0.328 e. The monoisotopic (exact) mass is 743 g/mol. The van der Waals surface area contributed by atoms with E-state index in [4.69, 9.17) is 10.6 Å². The number of hydrogen-bond donors (Lipinski definition) is 4. The van der Waals surface area contributed by atoms with E-state index in [0.717, 1.165) is 0 Å². The molecule has 4 heterocycles. The Morgan fingerprint density at radius 2 is 1.40 bits per heavy atom. The van der Waals surface area contributed by atoms with Gasteiger partial charge in [0.25, 0.3) is 11.8 Å². The third-order valence-electron chi connectivity index (χ3n) is 5.84. The molecule has 0 fully saturated rings. The second-order valence-corrected chi connectivity index (χ2v) is 9.12. The molecule has 1 radical (unpaired) electrons. The molecular weight excluding hydrogens is 711 g/mol. The number of anilines is 1. The second kappa shape index (κ2) is 22.8. The number of carbonyl (C=O) groups is 5. The molecule has 0 aliphatic carbocycles. The van der Waals surface area contributed by atoms with E-state index in [1.165, 1.54) is 44.0 Å². The molecule has 253 valence electrons. The van der Waals surface area contributed by atoms with Crippen molar-refractivity contribution in [2.24, 2.45) is 5.84 Å². The number of esters is 1. The van der Waals surface area contributed by atoms with Crippen LogP contribution in [0.5, 0.6) is 0 Å². The summed E-state index contributed by atoms with van der Waals surface area (Å²) >= 11 is 0. The van der Waals surface area contributed by atoms with Crippen LogP contribution in [0.2, 0.25) is 0 Å². The van der Waals surface area contributed by atoms with Crippen LogP contribution in [0.15, 0.2) is 91.6 Å². The Kier molecular flexibility index (Phi) is 19.2. The maximum absolute atomic E-state index is 12.3. The summed E-state index contributed by atoms with van der Waals surface area (Å²) in [4.78, 5) is 71.2. The summed E-state index contributed by atoms with van der Waals surface area (Å²) in [5, 5.41) is 25.5. The molecule has 4 rings (SSSR count). The fourth-order valence-electron chi connectivity index (χ4n) is 3.49. The number of methoxy groups -OCH3 is 1. The van der Waals surface area contributed by atoms with Gasteiger partial charge >= 0.3 is 5.97 Å². The van der Waals surface area contributed by atoms with Crippen molar-refractivity contribution in [2.45, 2.75) is 25.3 Å². The van der Waals surface area contributed by atoms with E-state index in [1.807, 2.05) is 0 Å². The van der Waals surface area contributed by atoms with E-state index < -0.39 is 29.9 Å². The van der Waals surface area contributed by atoms with Crippen molar-refractivity contribution in [2.75, 3.05) is 19.1 Å². The summed E-state index contributed by atoms with van der Waals surface area (Å²) in [6.45, 7) is 0.438. The molecule has 0 saturated carbocycles. The maximum atomic E-state index is 12.3. The Morgan fingerprint density at radius 3 is 1.83 bits per heavy atom. The molecule has 5 N–H and O–H groups in total. The van der Waals surface area contributed by atoms with Gasteiger partial charge in [0.2, 0.25) is 0 Å². The molecule has 1 atom stereocenters. The van der Waals surface area contributed by atoms with E-state index in [9.17, 15) is 34.2 Å². The molecule has 0 bridgehead atoms. The molecule has 17 heteroatoms. The van der Waals surface area contributed by atoms with Crippen molar-refractivity contribution in [3.8, 4) is 0 Å². The number of aromatic nitrogens is 4. The van der Waals surface area contributed by atoms with E-state index in [0.29, 0.717) is 42.8 Å². The second-order valence-electron chi connectivity index (χ2n) is 9.12. The van der Waals surface area contributed by atoms with Gasteiger partial charge in [0.1, 0.15) is 11.9 Å². The van der Waals surface area contributed by atoms with Crippen LogP contribution < -0.4 is 32.1 Å². The number of nitrogens with one attached hydrogen (secondary N) is 3. The van der Waals surface area contributed by atoms with Crippen molar-refractivity contribution in [3.05, 3.63) is 114 Å². The summed E-state index contributed by atoms with van der Waals surface area (Å²) in [6.07, 6.45) is 8.86. The Bertz CT molecular complexity index is 1520. The van der Waals surface area contributed by atoms with Crippen LogP contribution in [-0.2, 0) is 29.6 Å². The van der Waals surface area contributed by atoms with Crippen molar-refractivity contribution in [1.82, 2.24) is 30.6 Å². The van der Waals surface area contributed by atoms with E-state index in [1.54, 1.807) is 54.7 Å². The van der Waals surface area contributed by atoms with Crippen LogP contribution >= 0.6 is 0 Å². The van der Waals surface area contributed by atoms with Gasteiger partial charge in [-0.25, -0.2) is 15.6 Å². The topological polar surface area (TPSA) is 254 Å². The molecule has 0 aliphatic rings. The minimum Gasteiger partial charge on any atom is -0.543 e. The normalized spacial score (nSPS) is 10.1. The number of carboxylic acid groups (broad SMARTS) is 2. The molecule has 4 aromatic heterocycles. The number of amides is 2. The third kappa shape index (κ3) is 15.1. The number of hydrogen-bond acceptors (Lipinski definition) is 14. The summed E-state index contributed by atoms with van der Waals surface area (Å²) in [5.74, 6) is 1.99. The number of rotatable bonds is 12. The van der Waals surface area contributed by atoms with Crippen molar-refractivity contribution in [1.29, 1.82) is 0 Å². The molecule has 48 heavy (non-hydrogen) atoms. The Balaban J connectivity index is 0.000000490.